The van der Waals surface area contributed by atoms with Crippen molar-refractivity contribution in [2.45, 2.75) is 6.92 Å². The van der Waals surface area contributed by atoms with Gasteiger partial charge >= 0.3 is 0 Å². The van der Waals surface area contributed by atoms with Gasteiger partial charge in [0.05, 0.1) is 12.7 Å². The molecule has 1 aliphatic heterocycles. The average molecular weight is 403 g/mol. The van der Waals surface area contributed by atoms with Gasteiger partial charge in [0.1, 0.15) is 31.3 Å². The van der Waals surface area contributed by atoms with Gasteiger partial charge in [0.25, 0.3) is 0 Å². The minimum Gasteiger partial charge on any atom is -0.780 e. The maximum Gasteiger partial charge on any atom is 0.231 e. The van der Waals surface area contributed by atoms with Gasteiger partial charge in [0, 0.05) is 17.2 Å². The Labute approximate surface area is 159 Å². The molecule has 10 heteroatoms. The SMILES string of the molecule is COc1ccc(-c2conc2-c2cc(C)c3c(c2)OCO3)c(OP(=O)([O-])[O-])c1. The largest absolute Gasteiger partial charge is 0.780 e. The smallest absolute Gasteiger partial charge is 0.231 e. The van der Waals surface area contributed by atoms with Gasteiger partial charge in [-0.2, -0.15) is 0 Å². The number of methoxy groups -OCH3 is 1. The Morgan fingerprint density at radius 2 is 1.96 bits per heavy atom. The van der Waals surface area contributed by atoms with Gasteiger partial charge < -0.3 is 37.6 Å². The molecule has 0 fully saturated rings. The van der Waals surface area contributed by atoms with E-state index in [2.05, 4.69) is 9.68 Å². The zero-order valence-corrected chi connectivity index (χ0v) is 15.7. The number of hydrogen-bond acceptors (Lipinski definition) is 9. The van der Waals surface area contributed by atoms with Gasteiger partial charge in [-0.1, -0.05) is 5.16 Å². The highest BCUT2D eigenvalue weighted by atomic mass is 31.2. The molecule has 0 unspecified atom stereocenters. The number of benzene rings is 2. The topological polar surface area (TPSA) is 126 Å². The lowest BCUT2D eigenvalue weighted by Gasteiger charge is -2.30. The number of aromatic nitrogens is 1. The Hall–Kier alpha value is -3.00. The summed E-state index contributed by atoms with van der Waals surface area (Å²) >= 11 is 0. The molecule has 1 aliphatic rings. The first kappa shape index (κ1) is 18.4. The molecule has 4 rings (SSSR count). The van der Waals surface area contributed by atoms with Crippen molar-refractivity contribution in [2.24, 2.45) is 0 Å². The molecule has 0 atom stereocenters. The first-order valence-corrected chi connectivity index (χ1v) is 9.57. The molecule has 0 N–H and O–H groups in total. The zero-order valence-electron chi connectivity index (χ0n) is 14.8. The second-order valence-corrected chi connectivity index (χ2v) is 7.08. The molecule has 2 aromatic carbocycles. The molecule has 0 bridgehead atoms. The summed E-state index contributed by atoms with van der Waals surface area (Å²) in [6.07, 6.45) is 1.34. The first-order valence-electron chi connectivity index (χ1n) is 8.11. The first-order chi connectivity index (χ1) is 13.4. The van der Waals surface area contributed by atoms with Crippen molar-refractivity contribution in [1.82, 2.24) is 5.16 Å². The summed E-state index contributed by atoms with van der Waals surface area (Å²) in [6, 6.07) is 8.04. The van der Waals surface area contributed by atoms with Crippen molar-refractivity contribution >= 4 is 7.82 Å². The molecule has 28 heavy (non-hydrogen) atoms. The van der Waals surface area contributed by atoms with Gasteiger partial charge in [-0.15, -0.1) is 0 Å². The number of hydrogen-bond donors (Lipinski definition) is 0. The van der Waals surface area contributed by atoms with Crippen molar-refractivity contribution in [2.75, 3.05) is 13.9 Å². The Morgan fingerprint density at radius 3 is 2.71 bits per heavy atom. The van der Waals surface area contributed by atoms with E-state index in [0.717, 1.165) is 5.56 Å². The lowest BCUT2D eigenvalue weighted by atomic mass is 9.99. The Bertz CT molecular complexity index is 1090. The lowest BCUT2D eigenvalue weighted by Crippen LogP contribution is -2.18. The third-order valence-electron chi connectivity index (χ3n) is 4.19. The van der Waals surface area contributed by atoms with Crippen LogP contribution in [0.25, 0.3) is 22.4 Å². The maximum absolute atomic E-state index is 11.2. The van der Waals surface area contributed by atoms with E-state index in [9.17, 15) is 14.4 Å². The monoisotopic (exact) mass is 403 g/mol. The molecule has 1 aromatic heterocycles. The molecule has 0 aliphatic carbocycles. The summed E-state index contributed by atoms with van der Waals surface area (Å²) in [5.74, 6) is 1.36. The van der Waals surface area contributed by atoms with E-state index in [-0.39, 0.29) is 12.5 Å². The van der Waals surface area contributed by atoms with Crippen molar-refractivity contribution in [3.63, 3.8) is 0 Å². The molecule has 146 valence electrons. The minimum absolute atomic E-state index is 0.129. The fourth-order valence-corrected chi connectivity index (χ4v) is 3.40. The highest BCUT2D eigenvalue weighted by Crippen LogP contribution is 2.45. The van der Waals surface area contributed by atoms with Crippen LogP contribution < -0.4 is 28.5 Å². The van der Waals surface area contributed by atoms with E-state index in [1.165, 1.54) is 19.4 Å². The zero-order chi connectivity index (χ0) is 19.9. The molecule has 0 saturated carbocycles. The quantitative estimate of drug-likeness (QED) is 0.590. The lowest BCUT2D eigenvalue weighted by molar-refractivity contribution is -0.333. The predicted octanol–water partition coefficient (Wildman–Crippen LogP) is 2.26. The molecular formula is C18H14NO8P-2. The van der Waals surface area contributed by atoms with Crippen LogP contribution in [0.2, 0.25) is 0 Å². The molecule has 0 amide bonds. The Morgan fingerprint density at radius 1 is 1.14 bits per heavy atom. The highest BCUT2D eigenvalue weighted by Gasteiger charge is 2.22. The molecule has 0 saturated heterocycles. The third-order valence-corrected chi connectivity index (χ3v) is 4.61. The fraction of sp³-hybridized carbons (Fsp3) is 0.167. The van der Waals surface area contributed by atoms with E-state index in [1.807, 2.05) is 13.0 Å². The van der Waals surface area contributed by atoms with Crippen LogP contribution in [0.5, 0.6) is 23.0 Å². The second-order valence-electron chi connectivity index (χ2n) is 6.00. The van der Waals surface area contributed by atoms with Crippen LogP contribution in [0.3, 0.4) is 0 Å². The standard InChI is InChI=1S/C18H16NO8P/c1-10-5-11(6-16-18(10)25-9-24-16)17-14(8-26-19-17)13-4-3-12(23-2)7-15(13)27-28(20,21)22/h3-8H,9H2,1-2H3,(H2,20,21,22)/p-2. The molecule has 9 nitrogen and oxygen atoms in total. The van der Waals surface area contributed by atoms with E-state index in [0.29, 0.717) is 39.6 Å². The summed E-state index contributed by atoms with van der Waals surface area (Å²) in [4.78, 5) is 22.4. The van der Waals surface area contributed by atoms with Crippen molar-refractivity contribution < 1.29 is 37.6 Å². The van der Waals surface area contributed by atoms with Crippen molar-refractivity contribution in [3.05, 3.63) is 42.2 Å². The van der Waals surface area contributed by atoms with E-state index >= 15 is 0 Å². The summed E-state index contributed by atoms with van der Waals surface area (Å²) in [5, 5.41) is 4.03. The number of ether oxygens (including phenoxy) is 3. The number of aryl methyl sites for hydroxylation is 1. The van der Waals surface area contributed by atoms with Crippen LogP contribution in [-0.4, -0.2) is 19.1 Å². The van der Waals surface area contributed by atoms with E-state index < -0.39 is 7.82 Å². The van der Waals surface area contributed by atoms with Crippen LogP contribution in [0, 0.1) is 6.92 Å². The highest BCUT2D eigenvalue weighted by molar-refractivity contribution is 7.43. The number of nitrogens with zero attached hydrogens (tertiary/aromatic N) is 1. The third kappa shape index (κ3) is 3.43. The Kier molecular flexibility index (Phi) is 4.50. The van der Waals surface area contributed by atoms with Crippen LogP contribution in [0.4, 0.5) is 0 Å². The summed E-state index contributed by atoms with van der Waals surface area (Å²) in [7, 11) is -3.89. The van der Waals surface area contributed by atoms with E-state index in [1.54, 1.807) is 18.2 Å². The number of fused-ring (bicyclic) bond motifs is 1. The Balaban J connectivity index is 1.84. The van der Waals surface area contributed by atoms with E-state index in [4.69, 9.17) is 18.7 Å². The minimum atomic E-state index is -5.30. The molecule has 3 aromatic rings. The van der Waals surface area contributed by atoms with Crippen molar-refractivity contribution in [1.29, 1.82) is 0 Å². The van der Waals surface area contributed by atoms with Gasteiger partial charge in [-0.3, -0.25) is 0 Å². The molecular weight excluding hydrogens is 389 g/mol. The molecule has 0 spiro atoms. The van der Waals surface area contributed by atoms with Crippen molar-refractivity contribution in [3.8, 4) is 45.4 Å². The maximum atomic E-state index is 11.2. The van der Waals surface area contributed by atoms with Gasteiger partial charge in [-0.05, 0) is 36.8 Å². The number of rotatable bonds is 5. The van der Waals surface area contributed by atoms with Gasteiger partial charge in [0.2, 0.25) is 6.79 Å². The summed E-state index contributed by atoms with van der Waals surface area (Å²) in [5.41, 5.74) is 2.67. The van der Waals surface area contributed by atoms with Gasteiger partial charge in [0.15, 0.2) is 11.5 Å². The second kappa shape index (κ2) is 6.87. The predicted molar refractivity (Wildman–Crippen MR) is 93.0 cm³/mol. The number of phosphoric acid groups is 1. The summed E-state index contributed by atoms with van der Waals surface area (Å²) in [6.45, 7) is 1.99. The van der Waals surface area contributed by atoms with Crippen LogP contribution >= 0.6 is 7.82 Å². The molecule has 2 heterocycles. The van der Waals surface area contributed by atoms with Crippen LogP contribution in [-0.2, 0) is 4.57 Å². The average Bonchev–Trinajstić information content (AvgIpc) is 3.29. The summed E-state index contributed by atoms with van der Waals surface area (Å²) < 4.78 is 36.9. The normalized spacial score (nSPS) is 12.9. The number of phosphoric ester groups is 1. The van der Waals surface area contributed by atoms with Crippen LogP contribution in [0.1, 0.15) is 5.56 Å². The fourth-order valence-electron chi connectivity index (χ4n) is 3.01. The van der Waals surface area contributed by atoms with Crippen LogP contribution in [0.15, 0.2) is 41.1 Å². The van der Waals surface area contributed by atoms with Gasteiger partial charge in [-0.25, -0.2) is 0 Å². The molecule has 0 radical (unpaired) electrons.